The van der Waals surface area contributed by atoms with Crippen molar-refractivity contribution in [3.05, 3.63) is 134 Å². The van der Waals surface area contributed by atoms with E-state index in [-0.39, 0.29) is 38.6 Å². The average molecular weight is 1180 g/mol. The van der Waals surface area contributed by atoms with Gasteiger partial charge >= 0.3 is 11.9 Å². The van der Waals surface area contributed by atoms with Crippen LogP contribution in [0.5, 0.6) is 0 Å². The van der Waals surface area contributed by atoms with Gasteiger partial charge in [0.05, 0.1) is 40.3 Å². The van der Waals surface area contributed by atoms with Gasteiger partial charge in [0, 0.05) is 12.8 Å². The number of likely N-dealkylation sites (N-methyl/N-ethyl adjacent to an activating group) is 1. The van der Waals surface area contributed by atoms with Gasteiger partial charge in [-0.3, -0.25) is 9.59 Å². The standard InChI is InChI=1S/C76H127NO8/c1-6-8-10-12-14-16-18-20-22-24-26-28-29-30-31-32-33-34-35-36-37-38-39-40-41-42-43-44-45-47-49-51-53-55-57-59-61-63-65-67-74(79)85-72(71-84-76(75(80)81)82-69-68-77(3,4)5)70-83-73(78)66-64-62-60-58-56-54-52-50-48-46-27-25-23-21-19-17-15-13-11-9-7-2/h8,10,14,16,20,22,26,28,30-31,33-34,36-37,39-40,42-43,45,47,51,53,72,76H,6-7,9,11-13,15,17-19,21,23-25,27,29,32,35,38,41,44,46,48-50,52,54-71H2,1-5H3/b10-8-,16-14-,22-20-,28-26-,31-30-,34-33-,37-36-,40-39-,43-42-,47-45-,53-51-. The molecule has 85 heavy (non-hydrogen) atoms. The smallest absolute Gasteiger partial charge is 0.306 e. The first-order chi connectivity index (χ1) is 41.6. The Bertz CT molecular complexity index is 1860. The predicted octanol–water partition coefficient (Wildman–Crippen LogP) is 20.0. The molecule has 0 aromatic carbocycles. The number of hydrogen-bond donors (Lipinski definition) is 0. The molecule has 0 N–H and O–H groups in total. The molecule has 0 fully saturated rings. The van der Waals surface area contributed by atoms with Crippen LogP contribution in [0.25, 0.3) is 0 Å². The van der Waals surface area contributed by atoms with Gasteiger partial charge in [-0.1, -0.05) is 295 Å². The van der Waals surface area contributed by atoms with Crippen molar-refractivity contribution in [3.8, 4) is 0 Å². The Morgan fingerprint density at radius 2 is 0.671 bits per heavy atom. The second kappa shape index (κ2) is 65.4. The van der Waals surface area contributed by atoms with Gasteiger partial charge in [0.1, 0.15) is 13.2 Å². The fourth-order valence-electron chi connectivity index (χ4n) is 9.19. The molecule has 0 aliphatic heterocycles. The molecule has 0 bridgehead atoms. The summed E-state index contributed by atoms with van der Waals surface area (Å²) in [7, 11) is 5.92. The number of carbonyl (C=O) groups is 3. The zero-order chi connectivity index (χ0) is 61.9. The fourth-order valence-corrected chi connectivity index (χ4v) is 9.19. The van der Waals surface area contributed by atoms with Crippen molar-refractivity contribution >= 4 is 17.9 Å². The Balaban J connectivity index is 4.22. The van der Waals surface area contributed by atoms with Crippen LogP contribution in [-0.4, -0.2) is 82.3 Å². The molecule has 0 aliphatic carbocycles. The average Bonchev–Trinajstić information content (AvgIpc) is 3.49. The highest BCUT2D eigenvalue weighted by Gasteiger charge is 2.22. The molecule has 0 amide bonds. The number of carboxylic acid groups (broad SMARTS) is 1. The maximum Gasteiger partial charge on any atom is 0.306 e. The summed E-state index contributed by atoms with van der Waals surface area (Å²) >= 11 is 0. The third-order valence-corrected chi connectivity index (χ3v) is 14.4. The van der Waals surface area contributed by atoms with Gasteiger partial charge in [-0.25, -0.2) is 0 Å². The Morgan fingerprint density at radius 1 is 0.365 bits per heavy atom. The monoisotopic (exact) mass is 1180 g/mol. The molecule has 9 nitrogen and oxygen atoms in total. The number of allylic oxidation sites excluding steroid dienone is 22. The van der Waals surface area contributed by atoms with E-state index in [0.29, 0.717) is 17.4 Å². The molecule has 0 saturated carbocycles. The van der Waals surface area contributed by atoms with Gasteiger partial charge in [-0.05, 0) is 96.3 Å². The zero-order valence-corrected chi connectivity index (χ0v) is 55.2. The highest BCUT2D eigenvalue weighted by atomic mass is 16.7. The highest BCUT2D eigenvalue weighted by Crippen LogP contribution is 2.17. The summed E-state index contributed by atoms with van der Waals surface area (Å²) in [6.45, 7) is 4.62. The van der Waals surface area contributed by atoms with E-state index in [1.54, 1.807) is 0 Å². The molecule has 0 aromatic rings. The van der Waals surface area contributed by atoms with E-state index in [4.69, 9.17) is 18.9 Å². The van der Waals surface area contributed by atoms with E-state index >= 15 is 0 Å². The summed E-state index contributed by atoms with van der Waals surface area (Å²) in [6.07, 6.45) is 90.9. The van der Waals surface area contributed by atoms with Crippen LogP contribution in [0.4, 0.5) is 0 Å². The minimum atomic E-state index is -1.63. The predicted molar refractivity (Wildman–Crippen MR) is 361 cm³/mol. The summed E-state index contributed by atoms with van der Waals surface area (Å²) in [4.78, 5) is 37.4. The number of esters is 2. The molecule has 0 heterocycles. The van der Waals surface area contributed by atoms with Gasteiger partial charge in [-0.15, -0.1) is 0 Å². The number of aliphatic carboxylic acids is 1. The lowest BCUT2D eigenvalue weighted by Gasteiger charge is -2.26. The number of nitrogens with zero attached hydrogens (tertiary/aromatic N) is 1. The first kappa shape index (κ1) is 80.4. The Labute approximate surface area is 522 Å². The molecular formula is C76H127NO8. The van der Waals surface area contributed by atoms with Crippen LogP contribution in [0.15, 0.2) is 134 Å². The van der Waals surface area contributed by atoms with E-state index in [2.05, 4.69) is 148 Å². The molecular weight excluding hydrogens is 1050 g/mol. The maximum absolute atomic E-state index is 12.9. The lowest BCUT2D eigenvalue weighted by molar-refractivity contribution is -0.870. The minimum absolute atomic E-state index is 0.138. The number of ether oxygens (including phenoxy) is 4. The van der Waals surface area contributed by atoms with Crippen LogP contribution in [-0.2, 0) is 33.3 Å². The van der Waals surface area contributed by atoms with Gasteiger partial charge in [0.25, 0.3) is 0 Å². The van der Waals surface area contributed by atoms with Crippen LogP contribution in [0.1, 0.15) is 271 Å². The third-order valence-electron chi connectivity index (χ3n) is 14.4. The fraction of sp³-hybridized carbons (Fsp3) is 0.671. The van der Waals surface area contributed by atoms with Crippen molar-refractivity contribution in [2.75, 3.05) is 47.5 Å². The molecule has 484 valence electrons. The Kier molecular flexibility index (Phi) is 61.9. The number of hydrogen-bond acceptors (Lipinski definition) is 8. The van der Waals surface area contributed by atoms with Gasteiger partial charge in [0.15, 0.2) is 12.4 Å². The molecule has 0 saturated heterocycles. The number of unbranched alkanes of at least 4 members (excludes halogenated alkanes) is 25. The first-order valence-corrected chi connectivity index (χ1v) is 34.3. The maximum atomic E-state index is 12.9. The minimum Gasteiger partial charge on any atom is -0.545 e. The summed E-state index contributed by atoms with van der Waals surface area (Å²) in [6, 6.07) is 0. The van der Waals surface area contributed by atoms with Crippen molar-refractivity contribution in [1.82, 2.24) is 0 Å². The topological polar surface area (TPSA) is 111 Å². The van der Waals surface area contributed by atoms with Crippen molar-refractivity contribution < 1.29 is 42.9 Å². The summed E-state index contributed by atoms with van der Waals surface area (Å²) < 4.78 is 22.7. The van der Waals surface area contributed by atoms with Crippen LogP contribution in [0.3, 0.4) is 0 Å². The van der Waals surface area contributed by atoms with Gasteiger partial charge < -0.3 is 33.3 Å². The summed E-state index contributed by atoms with van der Waals surface area (Å²) in [5.41, 5.74) is 0. The first-order valence-electron chi connectivity index (χ1n) is 34.3. The lowest BCUT2D eigenvalue weighted by Crippen LogP contribution is -2.44. The molecule has 9 heteroatoms. The molecule has 0 aromatic heterocycles. The molecule has 0 aliphatic rings. The number of quaternary nitrogens is 1. The molecule has 2 atom stereocenters. The van der Waals surface area contributed by atoms with Crippen LogP contribution >= 0.6 is 0 Å². The van der Waals surface area contributed by atoms with Gasteiger partial charge in [-0.2, -0.15) is 0 Å². The quantitative estimate of drug-likeness (QED) is 0.0195. The molecule has 0 radical (unpaired) electrons. The van der Waals surface area contributed by atoms with E-state index in [0.717, 1.165) is 122 Å². The number of carbonyl (C=O) groups excluding carboxylic acids is 3. The normalized spacial score (nSPS) is 13.6. The van der Waals surface area contributed by atoms with E-state index in [1.165, 1.54) is 116 Å². The van der Waals surface area contributed by atoms with Crippen LogP contribution < -0.4 is 5.11 Å². The lowest BCUT2D eigenvalue weighted by atomic mass is 10.0. The van der Waals surface area contributed by atoms with Crippen molar-refractivity contribution in [2.24, 2.45) is 0 Å². The van der Waals surface area contributed by atoms with Crippen molar-refractivity contribution in [2.45, 2.75) is 283 Å². The van der Waals surface area contributed by atoms with Crippen LogP contribution in [0.2, 0.25) is 0 Å². The van der Waals surface area contributed by atoms with E-state index < -0.39 is 24.3 Å². The Morgan fingerprint density at radius 3 is 1.00 bits per heavy atom. The second-order valence-corrected chi connectivity index (χ2v) is 23.7. The number of carboxylic acids is 1. The zero-order valence-electron chi connectivity index (χ0n) is 55.2. The molecule has 2 unspecified atom stereocenters. The number of rotatable bonds is 62. The summed E-state index contributed by atoms with van der Waals surface area (Å²) in [5, 5.41) is 11.8. The second-order valence-electron chi connectivity index (χ2n) is 23.7. The highest BCUT2D eigenvalue weighted by molar-refractivity contribution is 5.70. The SMILES string of the molecule is CC/C=C\C/C=C\C/C=C\C/C=C\C/C=C\C/C=C\C/C=C\C/C=C\C/C=C\C/C=C\C/C=C\CCCCCCCC(=O)OC(COC(=O)CCCCCCCCCCCCCCCCCCCCCCC)COC(OCC[N+](C)(C)C)C(=O)[O-]. The Hall–Kier alpha value is -4.57. The van der Waals surface area contributed by atoms with Crippen molar-refractivity contribution in [1.29, 1.82) is 0 Å². The van der Waals surface area contributed by atoms with E-state index in [1.807, 2.05) is 21.1 Å². The third kappa shape index (κ3) is 66.8. The summed E-state index contributed by atoms with van der Waals surface area (Å²) in [5.74, 6) is -2.31. The largest absolute Gasteiger partial charge is 0.545 e. The molecule has 0 spiro atoms. The van der Waals surface area contributed by atoms with Gasteiger partial charge in [0.2, 0.25) is 0 Å². The van der Waals surface area contributed by atoms with Crippen LogP contribution in [0, 0.1) is 0 Å². The molecule has 0 rings (SSSR count). The van der Waals surface area contributed by atoms with E-state index in [9.17, 15) is 19.5 Å². The van der Waals surface area contributed by atoms with Crippen molar-refractivity contribution in [3.63, 3.8) is 0 Å².